The van der Waals surface area contributed by atoms with E-state index in [9.17, 15) is 4.79 Å². The number of carbonyl (C=O) groups is 1. The quantitative estimate of drug-likeness (QED) is 0.922. The second-order valence-electron chi connectivity index (χ2n) is 2.63. The van der Waals surface area contributed by atoms with Gasteiger partial charge >= 0.3 is 0 Å². The topological polar surface area (TPSA) is 54.9 Å². The van der Waals surface area contributed by atoms with Crippen molar-refractivity contribution < 1.29 is 4.79 Å². The normalized spacial score (nSPS) is 9.93. The molecule has 2 rings (SSSR count). The number of amides is 1. The summed E-state index contributed by atoms with van der Waals surface area (Å²) in [4.78, 5) is 20.0. The lowest BCUT2D eigenvalue weighted by Crippen LogP contribution is -2.12. The predicted octanol–water partition coefficient (Wildman–Crippen LogP) is 2.55. The molecule has 4 nitrogen and oxygen atoms in total. The van der Waals surface area contributed by atoms with Gasteiger partial charge in [0.2, 0.25) is 5.95 Å². The molecule has 2 aromatic rings. The van der Waals surface area contributed by atoms with Gasteiger partial charge in [0.15, 0.2) is 0 Å². The zero-order valence-electron chi connectivity index (χ0n) is 7.48. The zero-order valence-corrected chi connectivity index (χ0v) is 9.88. The van der Waals surface area contributed by atoms with E-state index in [0.29, 0.717) is 10.8 Å². The van der Waals surface area contributed by atoms with Crippen LogP contribution in [0.25, 0.3) is 0 Å². The monoisotopic (exact) mass is 283 g/mol. The first-order chi connectivity index (χ1) is 7.25. The van der Waals surface area contributed by atoms with Gasteiger partial charge in [-0.05, 0) is 34.1 Å². The molecule has 2 aromatic heterocycles. The van der Waals surface area contributed by atoms with Crippen molar-refractivity contribution >= 4 is 39.1 Å². The van der Waals surface area contributed by atoms with Crippen molar-refractivity contribution in [2.45, 2.75) is 0 Å². The maximum absolute atomic E-state index is 11.6. The van der Waals surface area contributed by atoms with Crippen LogP contribution in [0.15, 0.2) is 34.4 Å². The summed E-state index contributed by atoms with van der Waals surface area (Å²) >= 11 is 4.66. The summed E-state index contributed by atoms with van der Waals surface area (Å²) in [6.45, 7) is 0. The molecule has 15 heavy (non-hydrogen) atoms. The molecule has 0 saturated carbocycles. The molecule has 0 aliphatic heterocycles. The Bertz CT molecular complexity index is 471. The molecule has 0 bridgehead atoms. The second kappa shape index (κ2) is 4.50. The fraction of sp³-hybridized carbons (Fsp3) is 0. The van der Waals surface area contributed by atoms with E-state index in [4.69, 9.17) is 0 Å². The van der Waals surface area contributed by atoms with Crippen molar-refractivity contribution in [2.24, 2.45) is 0 Å². The van der Waals surface area contributed by atoms with E-state index < -0.39 is 0 Å². The largest absolute Gasteiger partial charge is 0.290 e. The summed E-state index contributed by atoms with van der Waals surface area (Å²) in [5, 5.41) is 2.60. The van der Waals surface area contributed by atoms with Gasteiger partial charge in [0.05, 0.1) is 8.66 Å². The fourth-order valence-corrected chi connectivity index (χ4v) is 2.24. The van der Waals surface area contributed by atoms with E-state index in [1.165, 1.54) is 11.3 Å². The van der Waals surface area contributed by atoms with Gasteiger partial charge < -0.3 is 0 Å². The van der Waals surface area contributed by atoms with Crippen molar-refractivity contribution in [1.29, 1.82) is 0 Å². The van der Waals surface area contributed by atoms with Gasteiger partial charge in [-0.15, -0.1) is 11.3 Å². The molecule has 6 heteroatoms. The molecule has 0 saturated heterocycles. The average molecular weight is 284 g/mol. The molecule has 0 spiro atoms. The Hall–Kier alpha value is -1.27. The summed E-state index contributed by atoms with van der Waals surface area (Å²) in [5.74, 6) is 0.115. The van der Waals surface area contributed by atoms with Gasteiger partial charge in [0.25, 0.3) is 5.91 Å². The van der Waals surface area contributed by atoms with Gasteiger partial charge in [0.1, 0.15) is 0 Å². The first kappa shape index (κ1) is 10.3. The molecule has 1 N–H and O–H groups in total. The van der Waals surface area contributed by atoms with E-state index in [-0.39, 0.29) is 5.91 Å². The SMILES string of the molecule is O=C(Nc1ncccn1)c1ccc(Br)s1. The molecule has 0 aliphatic rings. The number of aromatic nitrogens is 2. The second-order valence-corrected chi connectivity index (χ2v) is 5.09. The van der Waals surface area contributed by atoms with Crippen molar-refractivity contribution in [3.63, 3.8) is 0 Å². The molecule has 0 radical (unpaired) electrons. The van der Waals surface area contributed by atoms with Crippen molar-refractivity contribution in [3.8, 4) is 0 Å². The summed E-state index contributed by atoms with van der Waals surface area (Å²) in [6.07, 6.45) is 3.15. The lowest BCUT2D eigenvalue weighted by molar-refractivity contribution is 0.102. The Balaban J connectivity index is 2.11. The predicted molar refractivity (Wildman–Crippen MR) is 62.0 cm³/mol. The van der Waals surface area contributed by atoms with Crippen LogP contribution in [0.4, 0.5) is 5.95 Å². The van der Waals surface area contributed by atoms with Gasteiger partial charge in [-0.1, -0.05) is 0 Å². The van der Waals surface area contributed by atoms with Crippen LogP contribution in [0.2, 0.25) is 0 Å². The van der Waals surface area contributed by atoms with Crippen molar-refractivity contribution in [3.05, 3.63) is 39.3 Å². The molecular weight excluding hydrogens is 278 g/mol. The number of hydrogen-bond acceptors (Lipinski definition) is 4. The van der Waals surface area contributed by atoms with E-state index in [1.807, 2.05) is 6.07 Å². The van der Waals surface area contributed by atoms with Crippen molar-refractivity contribution in [1.82, 2.24) is 9.97 Å². The number of halogens is 1. The van der Waals surface area contributed by atoms with E-state index >= 15 is 0 Å². The number of nitrogens with one attached hydrogen (secondary N) is 1. The van der Waals surface area contributed by atoms with E-state index in [2.05, 4.69) is 31.2 Å². The molecular formula is C9H6BrN3OS. The summed E-state index contributed by atoms with van der Waals surface area (Å²) in [7, 11) is 0. The lowest BCUT2D eigenvalue weighted by atomic mass is 10.4. The number of carbonyl (C=O) groups excluding carboxylic acids is 1. The van der Waals surface area contributed by atoms with E-state index in [0.717, 1.165) is 3.79 Å². The third-order valence-corrected chi connectivity index (χ3v) is 3.21. The molecule has 2 heterocycles. The van der Waals surface area contributed by atoms with Gasteiger partial charge in [-0.25, -0.2) is 9.97 Å². The molecule has 0 aromatic carbocycles. The highest BCUT2D eigenvalue weighted by Gasteiger charge is 2.09. The highest BCUT2D eigenvalue weighted by atomic mass is 79.9. The van der Waals surface area contributed by atoms with Crippen LogP contribution in [0.3, 0.4) is 0 Å². The molecule has 0 fully saturated rings. The molecule has 0 unspecified atom stereocenters. The Labute approximate surface area is 98.5 Å². The number of rotatable bonds is 2. The van der Waals surface area contributed by atoms with Gasteiger partial charge in [-0.2, -0.15) is 0 Å². The molecule has 1 amide bonds. The molecule has 76 valence electrons. The van der Waals surface area contributed by atoms with E-state index in [1.54, 1.807) is 24.5 Å². The van der Waals surface area contributed by atoms with Crippen molar-refractivity contribution in [2.75, 3.05) is 5.32 Å². The Kier molecular flexibility index (Phi) is 3.08. The number of thiophene rings is 1. The van der Waals surface area contributed by atoms with Crippen LogP contribution >= 0.6 is 27.3 Å². The number of hydrogen-bond donors (Lipinski definition) is 1. The summed E-state index contributed by atoms with van der Waals surface area (Å²) < 4.78 is 0.918. The minimum Gasteiger partial charge on any atom is -0.290 e. The third kappa shape index (κ3) is 2.60. The first-order valence-electron chi connectivity index (χ1n) is 4.09. The smallest absolute Gasteiger partial charge is 0.268 e. The highest BCUT2D eigenvalue weighted by Crippen LogP contribution is 2.22. The number of nitrogens with zero attached hydrogens (tertiary/aromatic N) is 2. The van der Waals surface area contributed by atoms with Crippen LogP contribution in [0, 0.1) is 0 Å². The first-order valence-corrected chi connectivity index (χ1v) is 5.70. The lowest BCUT2D eigenvalue weighted by Gasteiger charge is -1.99. The highest BCUT2D eigenvalue weighted by molar-refractivity contribution is 9.11. The van der Waals surface area contributed by atoms with Gasteiger partial charge in [-0.3, -0.25) is 10.1 Å². The fourth-order valence-electron chi connectivity index (χ4n) is 0.963. The molecule has 0 aliphatic carbocycles. The van der Waals surface area contributed by atoms with Crippen LogP contribution in [-0.2, 0) is 0 Å². The third-order valence-electron chi connectivity index (χ3n) is 1.59. The van der Waals surface area contributed by atoms with Crippen LogP contribution in [0.5, 0.6) is 0 Å². The number of anilines is 1. The minimum absolute atomic E-state index is 0.197. The molecule has 0 atom stereocenters. The summed E-state index contributed by atoms with van der Waals surface area (Å²) in [5.41, 5.74) is 0. The van der Waals surface area contributed by atoms with Crippen LogP contribution in [0.1, 0.15) is 9.67 Å². The zero-order chi connectivity index (χ0) is 10.7. The average Bonchev–Trinajstić information content (AvgIpc) is 2.66. The van der Waals surface area contributed by atoms with Crippen LogP contribution < -0.4 is 5.32 Å². The Morgan fingerprint density at radius 3 is 2.67 bits per heavy atom. The maximum Gasteiger partial charge on any atom is 0.268 e. The van der Waals surface area contributed by atoms with Crippen LogP contribution in [-0.4, -0.2) is 15.9 Å². The Morgan fingerprint density at radius 2 is 2.07 bits per heavy atom. The Morgan fingerprint density at radius 1 is 1.33 bits per heavy atom. The minimum atomic E-state index is -0.197. The van der Waals surface area contributed by atoms with Gasteiger partial charge in [0, 0.05) is 12.4 Å². The maximum atomic E-state index is 11.6. The standard InChI is InChI=1S/C9H6BrN3OS/c10-7-3-2-6(15-7)8(14)13-9-11-4-1-5-12-9/h1-5H,(H,11,12,13,14). The summed E-state index contributed by atoms with van der Waals surface area (Å²) in [6, 6.07) is 5.26.